The number of esters is 1. The molecular weight excluding hydrogens is 418 g/mol. The van der Waals surface area contributed by atoms with E-state index in [2.05, 4.69) is 17.5 Å². The lowest BCUT2D eigenvalue weighted by atomic mass is 9.99. The van der Waals surface area contributed by atoms with Gasteiger partial charge in [0.05, 0.1) is 19.3 Å². The smallest absolute Gasteiger partial charge is 0.308 e. The van der Waals surface area contributed by atoms with Crippen LogP contribution in [-0.2, 0) is 22.6 Å². The van der Waals surface area contributed by atoms with Crippen molar-refractivity contribution in [2.75, 3.05) is 13.7 Å². The van der Waals surface area contributed by atoms with E-state index >= 15 is 0 Å². The van der Waals surface area contributed by atoms with Gasteiger partial charge in [-0.25, -0.2) is 0 Å². The van der Waals surface area contributed by atoms with E-state index < -0.39 is 5.97 Å². The Morgan fingerprint density at radius 1 is 1.09 bits per heavy atom. The van der Waals surface area contributed by atoms with Gasteiger partial charge in [0, 0.05) is 19.6 Å². The predicted molar refractivity (Wildman–Crippen MR) is 128 cm³/mol. The van der Waals surface area contributed by atoms with Gasteiger partial charge >= 0.3 is 5.97 Å². The first-order valence-corrected chi connectivity index (χ1v) is 11.5. The van der Waals surface area contributed by atoms with E-state index in [-0.39, 0.29) is 11.9 Å². The molecule has 0 unspecified atom stereocenters. The maximum atomic E-state index is 13.3. The molecule has 1 amide bonds. The molecule has 1 aliphatic heterocycles. The van der Waals surface area contributed by atoms with E-state index in [1.807, 2.05) is 36.4 Å². The van der Waals surface area contributed by atoms with Crippen molar-refractivity contribution < 1.29 is 23.8 Å². The molecule has 0 radical (unpaired) electrons. The van der Waals surface area contributed by atoms with Crippen LogP contribution in [0.15, 0.2) is 54.6 Å². The highest BCUT2D eigenvalue weighted by Gasteiger charge is 2.21. The number of benzene rings is 2. The Morgan fingerprint density at radius 3 is 2.67 bits per heavy atom. The summed E-state index contributed by atoms with van der Waals surface area (Å²) < 4.78 is 16.4. The van der Waals surface area contributed by atoms with E-state index in [0.717, 1.165) is 42.6 Å². The van der Waals surface area contributed by atoms with Crippen LogP contribution < -0.4 is 14.8 Å². The van der Waals surface area contributed by atoms with Gasteiger partial charge in [-0.15, -0.1) is 0 Å². The van der Waals surface area contributed by atoms with E-state index in [4.69, 9.17) is 14.2 Å². The Bertz CT molecular complexity index is 951. The van der Waals surface area contributed by atoms with Crippen molar-refractivity contribution in [3.63, 3.8) is 0 Å². The summed E-state index contributed by atoms with van der Waals surface area (Å²) >= 11 is 0. The molecule has 6 nitrogen and oxygen atoms in total. The van der Waals surface area contributed by atoms with Crippen molar-refractivity contribution in [2.24, 2.45) is 0 Å². The molecule has 0 fully saturated rings. The van der Waals surface area contributed by atoms with Crippen LogP contribution in [0.4, 0.5) is 0 Å². The van der Waals surface area contributed by atoms with Gasteiger partial charge in [0.2, 0.25) is 0 Å². The number of ether oxygens (including phenoxy) is 3. The zero-order valence-electron chi connectivity index (χ0n) is 19.5. The maximum Gasteiger partial charge on any atom is 0.308 e. The fourth-order valence-electron chi connectivity index (χ4n) is 3.91. The Balaban J connectivity index is 1.66. The lowest BCUT2D eigenvalue weighted by Crippen LogP contribution is -2.36. The highest BCUT2D eigenvalue weighted by Crippen LogP contribution is 2.25. The quantitative estimate of drug-likeness (QED) is 0.278. The average molecular weight is 452 g/mol. The third-order valence-corrected chi connectivity index (χ3v) is 5.64. The normalized spacial score (nSPS) is 17.6. The second-order valence-corrected chi connectivity index (χ2v) is 8.20. The molecule has 0 aliphatic carbocycles. The SMILES string of the molecule is COc1ccc(COCC[C@H]2CCCC/C=C/Cc3cccc(OC(C)=O)c3C(=O)N2)cc1. The molecule has 3 rings (SSSR count). The number of rotatable bonds is 7. The van der Waals surface area contributed by atoms with E-state index in [9.17, 15) is 9.59 Å². The van der Waals surface area contributed by atoms with Crippen LogP contribution in [0.5, 0.6) is 11.5 Å². The van der Waals surface area contributed by atoms with Gasteiger partial charge in [0.1, 0.15) is 11.5 Å². The molecule has 0 bridgehead atoms. The molecule has 33 heavy (non-hydrogen) atoms. The molecule has 0 spiro atoms. The van der Waals surface area contributed by atoms with Crippen molar-refractivity contribution in [3.8, 4) is 11.5 Å². The van der Waals surface area contributed by atoms with Crippen molar-refractivity contribution in [2.45, 2.75) is 58.1 Å². The lowest BCUT2D eigenvalue weighted by molar-refractivity contribution is -0.131. The molecule has 1 N–H and O–H groups in total. The van der Waals surface area contributed by atoms with Crippen LogP contribution in [0.3, 0.4) is 0 Å². The number of allylic oxidation sites excluding steroid dienone is 2. The minimum absolute atomic E-state index is 0.0185. The minimum atomic E-state index is -0.443. The number of hydrogen-bond donors (Lipinski definition) is 1. The molecule has 6 heteroatoms. The summed E-state index contributed by atoms with van der Waals surface area (Å²) in [7, 11) is 1.65. The van der Waals surface area contributed by atoms with Crippen molar-refractivity contribution >= 4 is 11.9 Å². The van der Waals surface area contributed by atoms with Gasteiger partial charge in [0.25, 0.3) is 5.91 Å². The zero-order valence-corrected chi connectivity index (χ0v) is 19.5. The fourth-order valence-corrected chi connectivity index (χ4v) is 3.91. The van der Waals surface area contributed by atoms with Gasteiger partial charge in [0.15, 0.2) is 0 Å². The molecule has 2 aromatic rings. The van der Waals surface area contributed by atoms with Crippen molar-refractivity contribution in [3.05, 3.63) is 71.3 Å². The first-order chi connectivity index (χ1) is 16.1. The zero-order chi connectivity index (χ0) is 23.5. The second kappa shape index (κ2) is 12.8. The summed E-state index contributed by atoms with van der Waals surface area (Å²) in [5.41, 5.74) is 2.35. The highest BCUT2D eigenvalue weighted by atomic mass is 16.5. The molecule has 1 heterocycles. The molecule has 0 aromatic heterocycles. The Labute approximate surface area is 195 Å². The number of fused-ring (bicyclic) bond motifs is 1. The monoisotopic (exact) mass is 451 g/mol. The maximum absolute atomic E-state index is 13.3. The largest absolute Gasteiger partial charge is 0.497 e. The highest BCUT2D eigenvalue weighted by molar-refractivity contribution is 5.99. The van der Waals surface area contributed by atoms with Gasteiger partial charge < -0.3 is 19.5 Å². The summed E-state index contributed by atoms with van der Waals surface area (Å²) in [5, 5.41) is 3.17. The van der Waals surface area contributed by atoms with Crippen LogP contribution >= 0.6 is 0 Å². The van der Waals surface area contributed by atoms with Gasteiger partial charge in [-0.05, 0) is 61.4 Å². The number of nitrogens with one attached hydrogen (secondary N) is 1. The van der Waals surface area contributed by atoms with Crippen LogP contribution in [0.1, 0.15) is 60.5 Å². The summed E-state index contributed by atoms with van der Waals surface area (Å²) in [5.74, 6) is 0.465. The van der Waals surface area contributed by atoms with Gasteiger partial charge in [-0.2, -0.15) is 0 Å². The summed E-state index contributed by atoms with van der Waals surface area (Å²) in [6, 6.07) is 13.2. The minimum Gasteiger partial charge on any atom is -0.497 e. The van der Waals surface area contributed by atoms with Crippen LogP contribution in [0.25, 0.3) is 0 Å². The van der Waals surface area contributed by atoms with Gasteiger partial charge in [-0.1, -0.05) is 42.8 Å². The summed E-state index contributed by atoms with van der Waals surface area (Å²) in [6.45, 7) is 2.39. The number of amides is 1. The van der Waals surface area contributed by atoms with E-state index in [1.54, 1.807) is 13.2 Å². The molecule has 2 aromatic carbocycles. The van der Waals surface area contributed by atoms with Crippen molar-refractivity contribution in [1.29, 1.82) is 0 Å². The lowest BCUT2D eigenvalue weighted by Gasteiger charge is -2.21. The molecule has 0 saturated carbocycles. The summed E-state index contributed by atoms with van der Waals surface area (Å²) in [4.78, 5) is 24.9. The van der Waals surface area contributed by atoms with Crippen molar-refractivity contribution in [1.82, 2.24) is 5.32 Å². The number of hydrogen-bond acceptors (Lipinski definition) is 5. The predicted octanol–water partition coefficient (Wildman–Crippen LogP) is 5.00. The summed E-state index contributed by atoms with van der Waals surface area (Å²) in [6.07, 6.45) is 9.55. The van der Waals surface area contributed by atoms with E-state index in [1.165, 1.54) is 6.92 Å². The number of carbonyl (C=O) groups excluding carboxylic acids is 2. The molecule has 176 valence electrons. The van der Waals surface area contributed by atoms with E-state index in [0.29, 0.717) is 37.4 Å². The molecule has 0 saturated heterocycles. The third-order valence-electron chi connectivity index (χ3n) is 5.64. The molecule has 1 atom stereocenters. The molecular formula is C27H33NO5. The fraction of sp³-hybridized carbons (Fsp3) is 0.407. The van der Waals surface area contributed by atoms with Gasteiger partial charge in [-0.3, -0.25) is 9.59 Å². The number of methoxy groups -OCH3 is 1. The van der Waals surface area contributed by atoms with Crippen LogP contribution in [0, 0.1) is 0 Å². The van der Waals surface area contributed by atoms with Crippen LogP contribution in [0.2, 0.25) is 0 Å². The van der Waals surface area contributed by atoms with Crippen LogP contribution in [-0.4, -0.2) is 31.6 Å². The Kier molecular flexibility index (Phi) is 9.51. The second-order valence-electron chi connectivity index (χ2n) is 8.20. The average Bonchev–Trinajstić information content (AvgIpc) is 2.80. The standard InChI is InChI=1S/C27H33NO5/c1-20(29)33-25-12-8-10-22-9-6-4-3-5-7-11-23(28-27(30)26(22)25)17-18-32-19-21-13-15-24(31-2)16-14-21/h4,6,8,10,12-16,23H,3,5,7,9,11,17-19H2,1-2H3,(H,28,30)/b6-4+/t23-/m1/s1. The number of carbonyl (C=O) groups is 2. The first-order valence-electron chi connectivity index (χ1n) is 11.5. The molecule has 1 aliphatic rings. The Morgan fingerprint density at radius 2 is 1.91 bits per heavy atom. The third kappa shape index (κ3) is 7.75. The topological polar surface area (TPSA) is 73.9 Å². The Hall–Kier alpha value is -3.12. The first kappa shape index (κ1) is 24.5.